The number of ketones is 2. The van der Waals surface area contributed by atoms with Gasteiger partial charge in [-0.25, -0.2) is 0 Å². The third kappa shape index (κ3) is 4.51. The summed E-state index contributed by atoms with van der Waals surface area (Å²) in [5.41, 5.74) is 2.66. The van der Waals surface area contributed by atoms with Crippen LogP contribution in [-0.2, 0) is 19.7 Å². The number of hydrogen-bond acceptors (Lipinski definition) is 6. The number of carbonyl (C=O) groups is 2. The van der Waals surface area contributed by atoms with Crippen LogP contribution in [0.15, 0.2) is 63.8 Å². The summed E-state index contributed by atoms with van der Waals surface area (Å²) in [5.74, 6) is -1.19. The third-order valence-electron chi connectivity index (χ3n) is 6.43. The maximum Gasteiger partial charge on any atom is 0.339 e. The van der Waals surface area contributed by atoms with Gasteiger partial charge in [0.25, 0.3) is 0 Å². The van der Waals surface area contributed by atoms with E-state index in [9.17, 15) is 18.0 Å². The highest BCUT2D eigenvalue weighted by Gasteiger charge is 2.42. The Morgan fingerprint density at radius 1 is 0.800 bits per heavy atom. The van der Waals surface area contributed by atoms with E-state index in [1.54, 1.807) is 0 Å². The summed E-state index contributed by atoms with van der Waals surface area (Å²) < 4.78 is 31.9. The average Bonchev–Trinajstić information content (AvgIpc) is 2.80. The van der Waals surface area contributed by atoms with Gasteiger partial charge in [-0.2, -0.15) is 8.42 Å². The first-order chi connectivity index (χ1) is 16.7. The fraction of sp³-hybridized carbons (Fsp3) is 0.280. The number of carbonyl (C=O) groups excluding carboxylic acids is 2. The number of Topliss-reactive ketones (excluding diaryl/α,β-unsaturated/α-hetero) is 2. The summed E-state index contributed by atoms with van der Waals surface area (Å²) in [4.78, 5) is 26.2. The Balaban J connectivity index is 1.71. The average molecular weight is 553 g/mol. The van der Waals surface area contributed by atoms with Crippen molar-refractivity contribution < 1.29 is 22.2 Å². The van der Waals surface area contributed by atoms with Crippen molar-refractivity contribution in [3.8, 4) is 5.75 Å². The van der Waals surface area contributed by atoms with Crippen LogP contribution in [0.5, 0.6) is 5.75 Å². The zero-order chi connectivity index (χ0) is 24.9. The number of halogens is 3. The molecular formula is C25H20Cl3NO5S. The van der Waals surface area contributed by atoms with E-state index in [1.807, 2.05) is 0 Å². The van der Waals surface area contributed by atoms with Crippen LogP contribution in [0.3, 0.4) is 0 Å². The van der Waals surface area contributed by atoms with E-state index in [1.165, 1.54) is 36.4 Å². The van der Waals surface area contributed by atoms with E-state index in [0.717, 1.165) is 11.4 Å². The molecule has 0 spiro atoms. The number of hydrogen-bond donors (Lipinski definition) is 1. The highest BCUT2D eigenvalue weighted by Crippen LogP contribution is 2.50. The highest BCUT2D eigenvalue weighted by atomic mass is 35.5. The first kappa shape index (κ1) is 24.4. The molecule has 1 heterocycles. The molecule has 0 unspecified atom stereocenters. The second-order valence-electron chi connectivity index (χ2n) is 8.69. The lowest BCUT2D eigenvalue weighted by atomic mass is 9.71. The van der Waals surface area contributed by atoms with Crippen LogP contribution in [0.1, 0.15) is 50.0 Å². The Morgan fingerprint density at radius 2 is 1.37 bits per heavy atom. The molecular weight excluding hydrogens is 533 g/mol. The third-order valence-corrected chi connectivity index (χ3v) is 8.42. The first-order valence-electron chi connectivity index (χ1n) is 11.1. The lowest BCUT2D eigenvalue weighted by molar-refractivity contribution is -0.116. The molecule has 5 rings (SSSR count). The van der Waals surface area contributed by atoms with E-state index in [4.69, 9.17) is 39.0 Å². The van der Waals surface area contributed by atoms with Crippen LogP contribution < -0.4 is 9.50 Å². The summed E-state index contributed by atoms with van der Waals surface area (Å²) in [6, 6.07) is 8.41. The molecule has 0 atom stereocenters. The van der Waals surface area contributed by atoms with Crippen molar-refractivity contribution in [3.05, 3.63) is 79.6 Å². The van der Waals surface area contributed by atoms with Crippen LogP contribution in [0.2, 0.25) is 15.1 Å². The summed E-state index contributed by atoms with van der Waals surface area (Å²) in [5, 5.41) is 3.89. The second-order valence-corrected chi connectivity index (χ2v) is 11.5. The molecule has 182 valence electrons. The molecule has 0 radical (unpaired) electrons. The quantitative estimate of drug-likeness (QED) is 0.460. The normalized spacial score (nSPS) is 18.8. The molecule has 0 amide bonds. The molecule has 2 aromatic carbocycles. The van der Waals surface area contributed by atoms with Crippen LogP contribution in [0, 0.1) is 0 Å². The molecule has 35 heavy (non-hydrogen) atoms. The van der Waals surface area contributed by atoms with Crippen LogP contribution in [0.4, 0.5) is 0 Å². The fourth-order valence-electron chi connectivity index (χ4n) is 4.94. The van der Waals surface area contributed by atoms with Gasteiger partial charge in [0.2, 0.25) is 0 Å². The summed E-state index contributed by atoms with van der Waals surface area (Å²) in [7, 11) is -4.32. The molecule has 0 fully saturated rings. The molecule has 0 saturated carbocycles. The van der Waals surface area contributed by atoms with Crippen LogP contribution in [0.25, 0.3) is 0 Å². The monoisotopic (exact) mass is 551 g/mol. The van der Waals surface area contributed by atoms with Gasteiger partial charge in [-0.05, 0) is 62.1 Å². The maximum atomic E-state index is 13.2. The Labute approximate surface area is 218 Å². The van der Waals surface area contributed by atoms with Gasteiger partial charge in [0, 0.05) is 56.9 Å². The minimum atomic E-state index is -4.32. The van der Waals surface area contributed by atoms with Crippen molar-refractivity contribution in [2.45, 2.75) is 49.3 Å². The van der Waals surface area contributed by atoms with E-state index in [2.05, 4.69) is 5.32 Å². The molecule has 0 saturated heterocycles. The van der Waals surface area contributed by atoms with Crippen molar-refractivity contribution in [2.75, 3.05) is 0 Å². The molecule has 10 heteroatoms. The largest absolute Gasteiger partial charge is 0.377 e. The second kappa shape index (κ2) is 9.28. The molecule has 3 aliphatic rings. The molecule has 1 aliphatic heterocycles. The Bertz CT molecular complexity index is 1390. The zero-order valence-electron chi connectivity index (χ0n) is 18.4. The predicted octanol–water partition coefficient (Wildman–Crippen LogP) is 6.12. The number of benzene rings is 2. The van der Waals surface area contributed by atoms with Gasteiger partial charge < -0.3 is 9.50 Å². The molecule has 0 aromatic heterocycles. The highest BCUT2D eigenvalue weighted by molar-refractivity contribution is 7.87. The minimum absolute atomic E-state index is 0.0422. The van der Waals surface area contributed by atoms with E-state index in [0.29, 0.717) is 54.7 Å². The van der Waals surface area contributed by atoms with Gasteiger partial charge in [-0.1, -0.05) is 34.8 Å². The van der Waals surface area contributed by atoms with Crippen molar-refractivity contribution in [2.24, 2.45) is 0 Å². The molecule has 2 aliphatic carbocycles. The van der Waals surface area contributed by atoms with Gasteiger partial charge in [0.05, 0.1) is 5.02 Å². The van der Waals surface area contributed by atoms with Gasteiger partial charge in [0.15, 0.2) is 17.3 Å². The van der Waals surface area contributed by atoms with Gasteiger partial charge >= 0.3 is 10.1 Å². The fourth-order valence-corrected chi connectivity index (χ4v) is 6.63. The number of rotatable bonds is 4. The molecule has 1 N–H and O–H groups in total. The summed E-state index contributed by atoms with van der Waals surface area (Å²) >= 11 is 18.7. The molecule has 6 nitrogen and oxygen atoms in total. The van der Waals surface area contributed by atoms with Crippen LogP contribution >= 0.6 is 34.8 Å². The minimum Gasteiger partial charge on any atom is -0.377 e. The molecule has 2 aromatic rings. The van der Waals surface area contributed by atoms with E-state index < -0.39 is 16.0 Å². The van der Waals surface area contributed by atoms with Gasteiger partial charge in [0.1, 0.15) is 4.90 Å². The Kier molecular flexibility index (Phi) is 6.46. The van der Waals surface area contributed by atoms with Gasteiger partial charge in [-0.15, -0.1) is 0 Å². The van der Waals surface area contributed by atoms with E-state index in [-0.39, 0.29) is 37.8 Å². The van der Waals surface area contributed by atoms with E-state index >= 15 is 0 Å². The van der Waals surface area contributed by atoms with Crippen molar-refractivity contribution in [3.63, 3.8) is 0 Å². The predicted molar refractivity (Wildman–Crippen MR) is 133 cm³/mol. The zero-order valence-corrected chi connectivity index (χ0v) is 21.5. The molecule has 0 bridgehead atoms. The SMILES string of the molecule is O=C1CCCC2=C1C(c1cc(Cl)cc(Cl)c1OS(=O)(=O)c1ccc(Cl)cc1)C1=C(CCCC1=O)N2. The van der Waals surface area contributed by atoms with Crippen LogP contribution in [-0.4, -0.2) is 20.0 Å². The Hall–Kier alpha value is -2.32. The number of nitrogens with one attached hydrogen (secondary N) is 1. The smallest absolute Gasteiger partial charge is 0.339 e. The number of allylic oxidation sites excluding steroid dienone is 4. The lowest BCUT2D eigenvalue weighted by Crippen LogP contribution is -2.36. The van der Waals surface area contributed by atoms with Crippen molar-refractivity contribution >= 4 is 56.5 Å². The van der Waals surface area contributed by atoms with Crippen molar-refractivity contribution in [1.82, 2.24) is 5.32 Å². The topological polar surface area (TPSA) is 89.5 Å². The number of dihydropyridines is 1. The summed E-state index contributed by atoms with van der Waals surface area (Å²) in [6.07, 6.45) is 3.35. The maximum absolute atomic E-state index is 13.2. The van der Waals surface area contributed by atoms with Gasteiger partial charge in [-0.3, -0.25) is 9.59 Å². The first-order valence-corrected chi connectivity index (χ1v) is 13.7. The lowest BCUT2D eigenvalue weighted by Gasteiger charge is -2.37. The Morgan fingerprint density at radius 3 is 1.94 bits per heavy atom. The van der Waals surface area contributed by atoms with Crippen molar-refractivity contribution in [1.29, 1.82) is 0 Å². The standard InChI is InChI=1S/C25H20Cl3NO5S/c26-13-7-9-15(10-8-13)35(32,33)34-25-16(11-14(27)12-17(25)28)22-23-18(3-1-5-20(23)30)29-19-4-2-6-21(31)24(19)22/h7-12,22,29H,1-6H2. The summed E-state index contributed by atoms with van der Waals surface area (Å²) in [6.45, 7) is 0.